The van der Waals surface area contributed by atoms with Crippen LogP contribution in [0.3, 0.4) is 0 Å². The molecule has 1 aromatic carbocycles. The molecule has 1 N–H and O–H groups in total. The first kappa shape index (κ1) is 13.4. The summed E-state index contributed by atoms with van der Waals surface area (Å²) in [4.78, 5) is 4.14. The molecule has 2 heterocycles. The lowest BCUT2D eigenvalue weighted by Gasteiger charge is -2.21. The number of nitrogens with zero attached hydrogens (tertiary/aromatic N) is 1. The third-order valence-electron chi connectivity index (χ3n) is 3.37. The lowest BCUT2D eigenvalue weighted by molar-refractivity contribution is 0.109. The minimum atomic E-state index is -0.486. The molecule has 1 saturated heterocycles. The Morgan fingerprint density at radius 2 is 2.40 bits per heavy atom. The third-order valence-corrected chi connectivity index (χ3v) is 3.60. The largest absolute Gasteiger partial charge is 0.477 e. The van der Waals surface area contributed by atoms with Crippen molar-refractivity contribution in [3.8, 4) is 5.75 Å². The monoisotopic (exact) mass is 296 g/mol. The summed E-state index contributed by atoms with van der Waals surface area (Å²) in [6.07, 6.45) is 3.58. The molecule has 0 saturated carbocycles. The molecule has 3 rings (SSSR count). The number of rotatable bonds is 4. The highest BCUT2D eigenvalue weighted by atomic mass is 35.5. The Morgan fingerprint density at radius 1 is 1.50 bits per heavy atom. The fraction of sp³-hybridized carbons (Fsp3) is 0.357. The van der Waals surface area contributed by atoms with Gasteiger partial charge in [-0.05, 0) is 31.2 Å². The second kappa shape index (κ2) is 5.81. The van der Waals surface area contributed by atoms with E-state index in [2.05, 4.69) is 10.3 Å². The van der Waals surface area contributed by atoms with E-state index in [1.54, 1.807) is 12.3 Å². The van der Waals surface area contributed by atoms with Gasteiger partial charge in [0.15, 0.2) is 17.7 Å². The van der Waals surface area contributed by atoms with E-state index >= 15 is 0 Å². The van der Waals surface area contributed by atoms with Gasteiger partial charge in [0.1, 0.15) is 6.26 Å². The number of oxazole rings is 1. The minimum absolute atomic E-state index is 0.157. The van der Waals surface area contributed by atoms with Crippen molar-refractivity contribution in [2.75, 3.05) is 13.1 Å². The molecule has 6 heteroatoms. The van der Waals surface area contributed by atoms with Gasteiger partial charge in [0.25, 0.3) is 0 Å². The van der Waals surface area contributed by atoms with E-state index in [9.17, 15) is 4.39 Å². The summed E-state index contributed by atoms with van der Waals surface area (Å²) in [5.41, 5.74) is 0. The molecule has 0 spiro atoms. The van der Waals surface area contributed by atoms with Crippen LogP contribution in [0.15, 0.2) is 35.1 Å². The van der Waals surface area contributed by atoms with Gasteiger partial charge in [-0.25, -0.2) is 9.37 Å². The van der Waals surface area contributed by atoms with Gasteiger partial charge >= 0.3 is 0 Å². The second-order valence-corrected chi connectivity index (χ2v) is 5.17. The predicted octanol–water partition coefficient (Wildman–Crippen LogP) is 3.20. The van der Waals surface area contributed by atoms with Crippen LogP contribution in [0.5, 0.6) is 5.75 Å². The molecule has 2 aromatic rings. The molecule has 1 aliphatic rings. The van der Waals surface area contributed by atoms with Crippen molar-refractivity contribution >= 4 is 11.6 Å². The molecular formula is C14H14ClFN2O2. The number of benzene rings is 1. The molecule has 0 amide bonds. The number of hydrogen-bond donors (Lipinski definition) is 1. The highest BCUT2D eigenvalue weighted by Crippen LogP contribution is 2.33. The van der Waals surface area contributed by atoms with Crippen LogP contribution in [0, 0.1) is 11.7 Å². The van der Waals surface area contributed by atoms with Gasteiger partial charge in [-0.2, -0.15) is 0 Å². The van der Waals surface area contributed by atoms with Crippen LogP contribution in [0.1, 0.15) is 18.4 Å². The highest BCUT2D eigenvalue weighted by Gasteiger charge is 2.31. The van der Waals surface area contributed by atoms with E-state index in [1.807, 2.05) is 0 Å². The highest BCUT2D eigenvalue weighted by molar-refractivity contribution is 6.30. The molecule has 20 heavy (non-hydrogen) atoms. The Labute approximate surface area is 120 Å². The molecule has 0 bridgehead atoms. The Morgan fingerprint density at radius 3 is 3.05 bits per heavy atom. The third kappa shape index (κ3) is 2.78. The Kier molecular flexibility index (Phi) is 3.89. The van der Waals surface area contributed by atoms with Gasteiger partial charge in [-0.15, -0.1) is 0 Å². The van der Waals surface area contributed by atoms with Gasteiger partial charge in [-0.3, -0.25) is 0 Å². The van der Waals surface area contributed by atoms with Gasteiger partial charge in [0, 0.05) is 17.5 Å². The maximum atomic E-state index is 13.9. The van der Waals surface area contributed by atoms with Crippen LogP contribution in [-0.4, -0.2) is 18.1 Å². The predicted molar refractivity (Wildman–Crippen MR) is 72.3 cm³/mol. The quantitative estimate of drug-likeness (QED) is 0.941. The molecular weight excluding hydrogens is 283 g/mol. The zero-order valence-electron chi connectivity index (χ0n) is 10.7. The smallest absolute Gasteiger partial charge is 0.235 e. The second-order valence-electron chi connectivity index (χ2n) is 4.74. The normalized spacial score (nSPS) is 20.0. The van der Waals surface area contributed by atoms with Crippen molar-refractivity contribution in [1.29, 1.82) is 0 Å². The first-order chi connectivity index (χ1) is 9.74. The molecule has 0 radical (unpaired) electrons. The fourth-order valence-corrected chi connectivity index (χ4v) is 2.53. The summed E-state index contributed by atoms with van der Waals surface area (Å²) in [6, 6.07) is 4.35. The van der Waals surface area contributed by atoms with E-state index in [0.29, 0.717) is 10.9 Å². The molecule has 106 valence electrons. The number of halogens is 2. The summed E-state index contributed by atoms with van der Waals surface area (Å²) in [5.74, 6) is 0.335. The summed E-state index contributed by atoms with van der Waals surface area (Å²) in [5, 5.41) is 3.60. The summed E-state index contributed by atoms with van der Waals surface area (Å²) < 4.78 is 25.0. The minimum Gasteiger partial charge on any atom is -0.477 e. The van der Waals surface area contributed by atoms with Gasteiger partial charge < -0.3 is 14.5 Å². The lowest BCUT2D eigenvalue weighted by atomic mass is 10.0. The topological polar surface area (TPSA) is 47.3 Å². The van der Waals surface area contributed by atoms with E-state index < -0.39 is 11.9 Å². The van der Waals surface area contributed by atoms with E-state index in [1.165, 1.54) is 18.4 Å². The zero-order valence-corrected chi connectivity index (χ0v) is 11.4. The van der Waals surface area contributed by atoms with Crippen molar-refractivity contribution in [2.24, 2.45) is 5.92 Å². The molecule has 1 unspecified atom stereocenters. The number of ether oxygens (including phenoxy) is 1. The Balaban J connectivity index is 1.86. The van der Waals surface area contributed by atoms with Crippen LogP contribution in [0.4, 0.5) is 4.39 Å². The molecule has 2 atom stereocenters. The average Bonchev–Trinajstić information content (AvgIpc) is 3.11. The van der Waals surface area contributed by atoms with Crippen molar-refractivity contribution in [3.05, 3.63) is 47.4 Å². The number of nitrogens with one attached hydrogen (secondary N) is 1. The van der Waals surface area contributed by atoms with Crippen molar-refractivity contribution in [2.45, 2.75) is 12.5 Å². The average molecular weight is 297 g/mol. The molecule has 4 nitrogen and oxygen atoms in total. The summed E-state index contributed by atoms with van der Waals surface area (Å²) in [6.45, 7) is 1.70. The van der Waals surface area contributed by atoms with Crippen molar-refractivity contribution < 1.29 is 13.5 Å². The maximum absolute atomic E-state index is 13.9. The Hall–Kier alpha value is -1.59. The van der Waals surface area contributed by atoms with Crippen LogP contribution in [0.2, 0.25) is 5.02 Å². The van der Waals surface area contributed by atoms with Crippen LogP contribution >= 0.6 is 11.6 Å². The molecule has 1 fully saturated rings. The van der Waals surface area contributed by atoms with Crippen LogP contribution in [0.25, 0.3) is 0 Å². The lowest BCUT2D eigenvalue weighted by Crippen LogP contribution is -2.22. The number of aromatic nitrogens is 1. The van der Waals surface area contributed by atoms with Crippen LogP contribution < -0.4 is 10.1 Å². The first-order valence-corrected chi connectivity index (χ1v) is 6.83. The van der Waals surface area contributed by atoms with Crippen molar-refractivity contribution in [3.63, 3.8) is 0 Å². The van der Waals surface area contributed by atoms with E-state index in [-0.39, 0.29) is 11.7 Å². The maximum Gasteiger partial charge on any atom is 0.235 e. The standard InChI is InChI=1S/C14H14ClFN2O2/c15-10-1-2-12(11(16)7-10)20-13(9-3-4-17-8-9)14-18-5-6-19-14/h1-2,5-7,9,13,17H,3-4,8H2/t9?,13-/m0/s1. The van der Waals surface area contributed by atoms with Gasteiger partial charge in [-0.1, -0.05) is 11.6 Å². The van der Waals surface area contributed by atoms with E-state index in [0.717, 1.165) is 19.5 Å². The first-order valence-electron chi connectivity index (χ1n) is 6.46. The van der Waals surface area contributed by atoms with Gasteiger partial charge in [0.05, 0.1) is 6.20 Å². The summed E-state index contributed by atoms with van der Waals surface area (Å²) in [7, 11) is 0. The molecule has 0 aliphatic carbocycles. The summed E-state index contributed by atoms with van der Waals surface area (Å²) >= 11 is 5.74. The molecule has 1 aromatic heterocycles. The number of hydrogen-bond acceptors (Lipinski definition) is 4. The Bertz CT molecular complexity index is 571. The van der Waals surface area contributed by atoms with Gasteiger partial charge in [0.2, 0.25) is 5.89 Å². The van der Waals surface area contributed by atoms with Crippen LogP contribution in [-0.2, 0) is 0 Å². The SMILES string of the molecule is Fc1cc(Cl)ccc1O[C@H](c1ncco1)C1CCNC1. The van der Waals surface area contributed by atoms with Crippen molar-refractivity contribution in [1.82, 2.24) is 10.3 Å². The van der Waals surface area contributed by atoms with E-state index in [4.69, 9.17) is 20.8 Å². The fourth-order valence-electron chi connectivity index (χ4n) is 2.37. The zero-order chi connectivity index (χ0) is 13.9. The molecule has 1 aliphatic heterocycles.